The van der Waals surface area contributed by atoms with Crippen molar-refractivity contribution in [1.82, 2.24) is 5.32 Å². The third-order valence-electron chi connectivity index (χ3n) is 5.44. The number of hydrogen-bond acceptors (Lipinski definition) is 3. The molecule has 4 rings (SSSR count). The summed E-state index contributed by atoms with van der Waals surface area (Å²) in [5, 5.41) is 3.03. The highest BCUT2D eigenvalue weighted by atomic mass is 32.2. The second kappa shape index (κ2) is 10.4. The van der Waals surface area contributed by atoms with Gasteiger partial charge in [-0.15, -0.1) is 0 Å². The fourth-order valence-electron chi connectivity index (χ4n) is 3.86. The first-order valence-electron chi connectivity index (χ1n) is 10.6. The Morgan fingerprint density at radius 3 is 2.50 bits per heavy atom. The Labute approximate surface area is 183 Å². The van der Waals surface area contributed by atoms with Crippen molar-refractivity contribution in [2.24, 2.45) is 0 Å². The Hall–Kier alpha value is -2.72. The Kier molecular flexibility index (Phi) is 7.09. The standard InChI is InChI=1S/C26H28N2OS/c29-26(27-16-18-30-20-22-7-2-1-3-8-22)24-14-12-21(13-15-24)19-28-17-6-10-23-9-4-5-11-25(23)28/h1-5,7-9,11-15H,6,10,16-20H2,(H,27,29). The number of thioether (sulfide) groups is 1. The van der Waals surface area contributed by atoms with Crippen LogP contribution in [0.4, 0.5) is 5.69 Å². The van der Waals surface area contributed by atoms with Gasteiger partial charge in [0.25, 0.3) is 5.91 Å². The predicted octanol–water partition coefficient (Wildman–Crippen LogP) is 5.30. The highest BCUT2D eigenvalue weighted by Crippen LogP contribution is 2.28. The molecule has 154 valence electrons. The van der Waals surface area contributed by atoms with Crippen LogP contribution in [0.5, 0.6) is 0 Å². The average Bonchev–Trinajstić information content (AvgIpc) is 2.80. The number of amides is 1. The number of hydrogen-bond donors (Lipinski definition) is 1. The summed E-state index contributed by atoms with van der Waals surface area (Å²) in [6, 6.07) is 27.1. The van der Waals surface area contributed by atoms with Crippen molar-refractivity contribution in [1.29, 1.82) is 0 Å². The van der Waals surface area contributed by atoms with E-state index in [1.54, 1.807) is 0 Å². The lowest BCUT2D eigenvalue weighted by Crippen LogP contribution is -2.29. The number of nitrogens with one attached hydrogen (secondary N) is 1. The number of nitrogens with zero attached hydrogens (tertiary/aromatic N) is 1. The maximum Gasteiger partial charge on any atom is 0.251 e. The smallest absolute Gasteiger partial charge is 0.251 e. The van der Waals surface area contributed by atoms with Gasteiger partial charge in [-0.1, -0.05) is 60.7 Å². The molecule has 0 fully saturated rings. The van der Waals surface area contributed by atoms with Gasteiger partial charge in [-0.25, -0.2) is 0 Å². The number of aryl methyl sites for hydroxylation is 1. The van der Waals surface area contributed by atoms with Crippen molar-refractivity contribution >= 4 is 23.4 Å². The summed E-state index contributed by atoms with van der Waals surface area (Å²) in [5.41, 5.74) is 6.07. The van der Waals surface area contributed by atoms with Gasteiger partial charge in [0.1, 0.15) is 0 Å². The first-order chi connectivity index (χ1) is 14.8. The number of carbonyl (C=O) groups excluding carboxylic acids is 1. The number of anilines is 1. The molecule has 0 saturated carbocycles. The molecule has 3 aromatic carbocycles. The minimum atomic E-state index is 0.00480. The summed E-state index contributed by atoms with van der Waals surface area (Å²) in [6.45, 7) is 2.65. The highest BCUT2D eigenvalue weighted by molar-refractivity contribution is 7.98. The summed E-state index contributed by atoms with van der Waals surface area (Å²) in [7, 11) is 0. The lowest BCUT2D eigenvalue weighted by atomic mass is 10.0. The fraction of sp³-hybridized carbons (Fsp3) is 0.269. The van der Waals surface area contributed by atoms with Crippen LogP contribution in [0.2, 0.25) is 0 Å². The van der Waals surface area contributed by atoms with Crippen LogP contribution in [0.3, 0.4) is 0 Å². The predicted molar refractivity (Wildman–Crippen MR) is 127 cm³/mol. The first kappa shape index (κ1) is 20.5. The molecule has 0 atom stereocenters. The van der Waals surface area contributed by atoms with E-state index >= 15 is 0 Å². The summed E-state index contributed by atoms with van der Waals surface area (Å²) in [6.07, 6.45) is 2.36. The fourth-order valence-corrected chi connectivity index (χ4v) is 4.68. The van der Waals surface area contributed by atoms with Crippen LogP contribution >= 0.6 is 11.8 Å². The van der Waals surface area contributed by atoms with Crippen molar-refractivity contribution < 1.29 is 4.79 Å². The van der Waals surface area contributed by atoms with Crippen molar-refractivity contribution in [3.8, 4) is 0 Å². The normalized spacial score (nSPS) is 13.0. The van der Waals surface area contributed by atoms with Gasteiger partial charge in [0.2, 0.25) is 0 Å². The van der Waals surface area contributed by atoms with Crippen molar-refractivity contribution in [2.75, 3.05) is 23.7 Å². The molecule has 0 radical (unpaired) electrons. The van der Waals surface area contributed by atoms with Crippen LogP contribution in [0.1, 0.15) is 33.5 Å². The Morgan fingerprint density at radius 1 is 0.900 bits per heavy atom. The molecule has 1 amide bonds. The van der Waals surface area contributed by atoms with Gasteiger partial charge in [0, 0.05) is 42.4 Å². The molecule has 1 heterocycles. The van der Waals surface area contributed by atoms with Crippen LogP contribution in [-0.2, 0) is 18.7 Å². The van der Waals surface area contributed by atoms with E-state index in [4.69, 9.17) is 0 Å². The molecular formula is C26H28N2OS. The van der Waals surface area contributed by atoms with Crippen LogP contribution in [0.25, 0.3) is 0 Å². The van der Waals surface area contributed by atoms with Crippen molar-refractivity contribution in [3.05, 3.63) is 101 Å². The van der Waals surface area contributed by atoms with Crippen molar-refractivity contribution in [2.45, 2.75) is 25.1 Å². The van der Waals surface area contributed by atoms with E-state index in [-0.39, 0.29) is 5.91 Å². The monoisotopic (exact) mass is 416 g/mol. The maximum atomic E-state index is 12.4. The number of benzene rings is 3. The average molecular weight is 417 g/mol. The van der Waals surface area contributed by atoms with E-state index in [9.17, 15) is 4.79 Å². The molecule has 0 spiro atoms. The summed E-state index contributed by atoms with van der Waals surface area (Å²) < 4.78 is 0. The molecule has 3 nitrogen and oxygen atoms in total. The summed E-state index contributed by atoms with van der Waals surface area (Å²) in [4.78, 5) is 14.9. The van der Waals surface area contributed by atoms with Gasteiger partial charge in [-0.05, 0) is 47.7 Å². The SMILES string of the molecule is O=C(NCCSCc1ccccc1)c1ccc(CN2CCCc3ccccc32)cc1. The number of carbonyl (C=O) groups is 1. The van der Waals surface area contributed by atoms with E-state index in [0.29, 0.717) is 6.54 Å². The van der Waals surface area contributed by atoms with Gasteiger partial charge in [0.05, 0.1) is 0 Å². The van der Waals surface area contributed by atoms with Crippen molar-refractivity contribution in [3.63, 3.8) is 0 Å². The van der Waals surface area contributed by atoms with Crippen LogP contribution < -0.4 is 10.2 Å². The molecule has 0 aliphatic carbocycles. The topological polar surface area (TPSA) is 32.3 Å². The first-order valence-corrected chi connectivity index (χ1v) is 11.8. The van der Waals surface area contributed by atoms with Gasteiger partial charge < -0.3 is 10.2 Å². The van der Waals surface area contributed by atoms with Crippen LogP contribution in [0, 0.1) is 0 Å². The van der Waals surface area contributed by atoms with E-state index in [1.807, 2.05) is 30.0 Å². The molecule has 0 saturated heterocycles. The molecule has 0 bridgehead atoms. The molecule has 1 aliphatic heterocycles. The maximum absolute atomic E-state index is 12.4. The Bertz CT molecular complexity index is 956. The molecule has 1 N–H and O–H groups in total. The number of para-hydroxylation sites is 1. The number of rotatable bonds is 8. The van der Waals surface area contributed by atoms with Crippen LogP contribution in [-0.4, -0.2) is 24.7 Å². The molecular weight excluding hydrogens is 388 g/mol. The van der Waals surface area contributed by atoms with E-state index in [1.165, 1.54) is 28.8 Å². The van der Waals surface area contributed by atoms with Crippen LogP contribution in [0.15, 0.2) is 78.9 Å². The molecule has 1 aliphatic rings. The zero-order valence-electron chi connectivity index (χ0n) is 17.2. The summed E-state index contributed by atoms with van der Waals surface area (Å²) in [5.74, 6) is 1.89. The number of fused-ring (bicyclic) bond motifs is 1. The minimum absolute atomic E-state index is 0.00480. The molecule has 0 aromatic heterocycles. The second-order valence-electron chi connectivity index (χ2n) is 7.64. The van der Waals surface area contributed by atoms with E-state index in [2.05, 4.69) is 70.9 Å². The minimum Gasteiger partial charge on any atom is -0.367 e. The molecule has 0 unspecified atom stereocenters. The molecule has 4 heteroatoms. The lowest BCUT2D eigenvalue weighted by molar-refractivity contribution is 0.0956. The third kappa shape index (κ3) is 5.45. The third-order valence-corrected chi connectivity index (χ3v) is 6.47. The van der Waals surface area contributed by atoms with E-state index < -0.39 is 0 Å². The largest absolute Gasteiger partial charge is 0.367 e. The Morgan fingerprint density at radius 2 is 1.67 bits per heavy atom. The van der Waals surface area contributed by atoms with Gasteiger partial charge in [-0.3, -0.25) is 4.79 Å². The van der Waals surface area contributed by atoms with E-state index in [0.717, 1.165) is 36.6 Å². The van der Waals surface area contributed by atoms with Gasteiger partial charge in [-0.2, -0.15) is 11.8 Å². The lowest BCUT2D eigenvalue weighted by Gasteiger charge is -2.31. The molecule has 3 aromatic rings. The highest BCUT2D eigenvalue weighted by Gasteiger charge is 2.16. The quantitative estimate of drug-likeness (QED) is 0.506. The zero-order valence-corrected chi connectivity index (χ0v) is 18.0. The zero-order chi connectivity index (χ0) is 20.6. The van der Waals surface area contributed by atoms with Gasteiger partial charge in [0.15, 0.2) is 0 Å². The second-order valence-corrected chi connectivity index (χ2v) is 8.75. The van der Waals surface area contributed by atoms with Gasteiger partial charge >= 0.3 is 0 Å². The summed E-state index contributed by atoms with van der Waals surface area (Å²) >= 11 is 1.84. The Balaban J connectivity index is 1.24. The molecule has 30 heavy (non-hydrogen) atoms.